The second-order valence-corrected chi connectivity index (χ2v) is 8.78. The van der Waals surface area contributed by atoms with E-state index in [0.29, 0.717) is 30.2 Å². The van der Waals surface area contributed by atoms with Crippen molar-refractivity contribution >= 4 is 46.1 Å². The van der Waals surface area contributed by atoms with E-state index in [9.17, 15) is 9.59 Å². The highest BCUT2D eigenvalue weighted by atomic mass is 35.5. The Morgan fingerprint density at radius 3 is 2.82 bits per heavy atom. The molecule has 4 rings (SSSR count). The van der Waals surface area contributed by atoms with Crippen LogP contribution in [0.15, 0.2) is 41.1 Å². The van der Waals surface area contributed by atoms with Gasteiger partial charge in [-0.15, -0.1) is 22.7 Å². The quantitative estimate of drug-likeness (QED) is 0.657. The van der Waals surface area contributed by atoms with Crippen molar-refractivity contribution in [3.63, 3.8) is 0 Å². The van der Waals surface area contributed by atoms with Crippen LogP contribution in [0.5, 0.6) is 0 Å². The zero-order valence-corrected chi connectivity index (χ0v) is 17.4. The largest absolute Gasteiger partial charge is 0.350 e. The molecule has 0 unspecified atom stereocenters. The number of benzene rings is 1. The molecule has 0 radical (unpaired) electrons. The van der Waals surface area contributed by atoms with E-state index in [-0.39, 0.29) is 11.8 Å². The maximum Gasteiger partial charge on any atom is 0.270 e. The summed E-state index contributed by atoms with van der Waals surface area (Å²) < 4.78 is 0. The van der Waals surface area contributed by atoms with Gasteiger partial charge in [-0.2, -0.15) is 0 Å². The van der Waals surface area contributed by atoms with Gasteiger partial charge in [0.25, 0.3) is 5.91 Å². The number of amides is 2. The van der Waals surface area contributed by atoms with Gasteiger partial charge in [-0.25, -0.2) is 4.98 Å². The van der Waals surface area contributed by atoms with Gasteiger partial charge in [0.05, 0.1) is 0 Å². The minimum atomic E-state index is -0.261. The number of halogens is 1. The second kappa shape index (κ2) is 8.43. The van der Waals surface area contributed by atoms with E-state index in [1.165, 1.54) is 21.8 Å². The molecule has 0 saturated heterocycles. The molecule has 0 saturated carbocycles. The monoisotopic (exact) mass is 431 g/mol. The molecular formula is C20H18ClN3O2S2. The van der Waals surface area contributed by atoms with E-state index < -0.39 is 0 Å². The minimum Gasteiger partial charge on any atom is -0.350 e. The summed E-state index contributed by atoms with van der Waals surface area (Å²) in [6.45, 7) is 1.72. The Hall–Kier alpha value is -2.22. The Morgan fingerprint density at radius 1 is 1.18 bits per heavy atom. The molecule has 1 N–H and O–H groups in total. The van der Waals surface area contributed by atoms with E-state index in [0.717, 1.165) is 23.5 Å². The molecule has 8 heteroatoms. The van der Waals surface area contributed by atoms with Crippen LogP contribution >= 0.6 is 34.3 Å². The number of thiazole rings is 1. The highest BCUT2D eigenvalue weighted by molar-refractivity contribution is 7.13. The zero-order chi connectivity index (χ0) is 19.5. The van der Waals surface area contributed by atoms with Crippen LogP contribution in [0.4, 0.5) is 0 Å². The first-order valence-corrected chi connectivity index (χ1v) is 11.1. The van der Waals surface area contributed by atoms with Crippen molar-refractivity contribution in [3.05, 3.63) is 62.2 Å². The van der Waals surface area contributed by atoms with Crippen LogP contribution in [0.2, 0.25) is 5.02 Å². The molecule has 0 spiro atoms. The lowest BCUT2D eigenvalue weighted by molar-refractivity contribution is -0.131. The number of thiophene rings is 1. The molecule has 1 aliphatic rings. The molecular weight excluding hydrogens is 414 g/mol. The topological polar surface area (TPSA) is 62.3 Å². The van der Waals surface area contributed by atoms with Crippen molar-refractivity contribution in [1.82, 2.24) is 15.2 Å². The van der Waals surface area contributed by atoms with Crippen LogP contribution in [0.25, 0.3) is 10.6 Å². The van der Waals surface area contributed by atoms with E-state index in [1.807, 2.05) is 17.0 Å². The predicted octanol–water partition coefficient (Wildman–Crippen LogP) is 4.23. The molecule has 2 aromatic heterocycles. The molecule has 3 heterocycles. The van der Waals surface area contributed by atoms with E-state index in [2.05, 4.69) is 21.7 Å². The van der Waals surface area contributed by atoms with Crippen LogP contribution < -0.4 is 5.32 Å². The Labute approximate surface area is 176 Å². The molecule has 3 aromatic rings. The maximum atomic E-state index is 12.4. The number of carbonyl (C=O) groups excluding carboxylic acids is 2. The standard InChI is InChI=1S/C20H18ClN3O2S2/c21-15-3-1-13(2-4-15)20-23-16(12-28-20)19(26)22-8-5-18(25)24-9-6-17-14(11-24)7-10-27-17/h1-4,7,10,12H,5-6,8-9,11H2,(H,22,26). The number of hydrogen-bond acceptors (Lipinski definition) is 5. The van der Waals surface area contributed by atoms with Gasteiger partial charge in [-0.05, 0) is 35.6 Å². The lowest BCUT2D eigenvalue weighted by Gasteiger charge is -2.27. The van der Waals surface area contributed by atoms with Crippen molar-refractivity contribution in [2.24, 2.45) is 0 Å². The average molecular weight is 432 g/mol. The molecule has 0 fully saturated rings. The summed E-state index contributed by atoms with van der Waals surface area (Å²) in [7, 11) is 0. The summed E-state index contributed by atoms with van der Waals surface area (Å²) in [6, 6.07) is 9.42. The first kappa shape index (κ1) is 19.1. The van der Waals surface area contributed by atoms with Gasteiger partial charge in [-0.3, -0.25) is 9.59 Å². The molecule has 144 valence electrons. The van der Waals surface area contributed by atoms with Gasteiger partial charge < -0.3 is 10.2 Å². The Bertz CT molecular complexity index is 997. The fraction of sp³-hybridized carbons (Fsp3) is 0.250. The second-order valence-electron chi connectivity index (χ2n) is 6.49. The summed E-state index contributed by atoms with van der Waals surface area (Å²) in [5.74, 6) is -0.194. The van der Waals surface area contributed by atoms with Crippen LogP contribution in [-0.2, 0) is 17.8 Å². The van der Waals surface area contributed by atoms with Crippen LogP contribution in [-0.4, -0.2) is 34.8 Å². The summed E-state index contributed by atoms with van der Waals surface area (Å²) >= 11 is 9.06. The number of hydrogen-bond donors (Lipinski definition) is 1. The van der Waals surface area contributed by atoms with Crippen LogP contribution in [0.3, 0.4) is 0 Å². The lowest BCUT2D eigenvalue weighted by Crippen LogP contribution is -2.37. The molecule has 2 amide bonds. The Morgan fingerprint density at radius 2 is 2.00 bits per heavy atom. The van der Waals surface area contributed by atoms with E-state index in [1.54, 1.807) is 28.8 Å². The lowest BCUT2D eigenvalue weighted by atomic mass is 10.1. The van der Waals surface area contributed by atoms with Gasteiger partial charge in [0.1, 0.15) is 10.7 Å². The van der Waals surface area contributed by atoms with Crippen molar-refractivity contribution in [2.75, 3.05) is 13.1 Å². The third-order valence-electron chi connectivity index (χ3n) is 4.61. The highest BCUT2D eigenvalue weighted by Crippen LogP contribution is 2.25. The fourth-order valence-electron chi connectivity index (χ4n) is 3.10. The van der Waals surface area contributed by atoms with E-state index in [4.69, 9.17) is 11.6 Å². The highest BCUT2D eigenvalue weighted by Gasteiger charge is 2.21. The smallest absolute Gasteiger partial charge is 0.270 e. The zero-order valence-electron chi connectivity index (χ0n) is 15.0. The predicted molar refractivity (Wildman–Crippen MR) is 113 cm³/mol. The molecule has 0 aliphatic carbocycles. The first-order valence-electron chi connectivity index (χ1n) is 8.93. The third-order valence-corrected chi connectivity index (χ3v) is 6.78. The van der Waals surface area contributed by atoms with Crippen molar-refractivity contribution in [3.8, 4) is 10.6 Å². The summed E-state index contributed by atoms with van der Waals surface area (Å²) in [4.78, 5) is 32.4. The normalized spacial score (nSPS) is 13.2. The van der Waals surface area contributed by atoms with Crippen molar-refractivity contribution in [2.45, 2.75) is 19.4 Å². The fourth-order valence-corrected chi connectivity index (χ4v) is 4.92. The number of fused-ring (bicyclic) bond motifs is 1. The summed E-state index contributed by atoms with van der Waals surface area (Å²) in [5, 5.41) is 8.02. The van der Waals surface area contributed by atoms with Gasteiger partial charge in [0.15, 0.2) is 0 Å². The Kier molecular flexibility index (Phi) is 5.75. The number of rotatable bonds is 5. The van der Waals surface area contributed by atoms with Gasteiger partial charge in [0.2, 0.25) is 5.91 Å². The first-order chi connectivity index (χ1) is 13.6. The van der Waals surface area contributed by atoms with Crippen molar-refractivity contribution in [1.29, 1.82) is 0 Å². The third kappa shape index (κ3) is 4.27. The average Bonchev–Trinajstić information content (AvgIpc) is 3.37. The molecule has 1 aliphatic heterocycles. The number of nitrogens with one attached hydrogen (secondary N) is 1. The number of aromatic nitrogens is 1. The molecule has 0 bridgehead atoms. The summed E-state index contributed by atoms with van der Waals surface area (Å²) in [5.41, 5.74) is 2.52. The van der Waals surface area contributed by atoms with Crippen LogP contribution in [0.1, 0.15) is 27.3 Å². The van der Waals surface area contributed by atoms with Gasteiger partial charge in [0, 0.05) is 46.9 Å². The van der Waals surface area contributed by atoms with Crippen molar-refractivity contribution < 1.29 is 9.59 Å². The number of carbonyl (C=O) groups is 2. The molecule has 5 nitrogen and oxygen atoms in total. The number of nitrogens with zero attached hydrogens (tertiary/aromatic N) is 2. The van der Waals surface area contributed by atoms with Gasteiger partial charge in [-0.1, -0.05) is 23.7 Å². The summed E-state index contributed by atoms with van der Waals surface area (Å²) in [6.07, 6.45) is 1.21. The van der Waals surface area contributed by atoms with Gasteiger partial charge >= 0.3 is 0 Å². The Balaban J connectivity index is 1.28. The molecule has 1 aromatic carbocycles. The maximum absolute atomic E-state index is 12.4. The molecule has 0 atom stereocenters. The SMILES string of the molecule is O=C(NCCC(=O)N1CCc2sccc2C1)c1csc(-c2ccc(Cl)cc2)n1. The minimum absolute atomic E-state index is 0.0669. The molecule has 28 heavy (non-hydrogen) atoms. The van der Waals surface area contributed by atoms with E-state index >= 15 is 0 Å². The van der Waals surface area contributed by atoms with Crippen LogP contribution in [0, 0.1) is 0 Å².